The van der Waals surface area contributed by atoms with Gasteiger partial charge in [0.1, 0.15) is 0 Å². The summed E-state index contributed by atoms with van der Waals surface area (Å²) in [6.07, 6.45) is -3.37. The van der Waals surface area contributed by atoms with E-state index in [4.69, 9.17) is 9.15 Å². The van der Waals surface area contributed by atoms with Crippen molar-refractivity contribution in [3.63, 3.8) is 0 Å². The maximum atomic E-state index is 13.1. The van der Waals surface area contributed by atoms with Crippen LogP contribution in [0, 0.1) is 0 Å². The maximum absolute atomic E-state index is 13.1. The molecule has 130 valence electrons. The Balaban J connectivity index is 2.09. The van der Waals surface area contributed by atoms with E-state index in [1.54, 1.807) is 6.07 Å². The Morgan fingerprint density at radius 3 is 2.42 bits per heavy atom. The molecule has 0 N–H and O–H groups in total. The molecular formula is C17H19F3N2O2. The molecule has 1 aliphatic heterocycles. The fourth-order valence-corrected chi connectivity index (χ4v) is 3.00. The number of nitrogens with zero attached hydrogens (tertiary/aromatic N) is 2. The summed E-state index contributed by atoms with van der Waals surface area (Å²) in [6, 6.07) is 5.38. The first kappa shape index (κ1) is 17.0. The Kier molecular flexibility index (Phi) is 4.38. The summed E-state index contributed by atoms with van der Waals surface area (Å²) < 4.78 is 50.5. The molecule has 1 aromatic heterocycles. The third-order valence-corrected chi connectivity index (χ3v) is 4.43. The second-order valence-corrected chi connectivity index (χ2v) is 6.37. The lowest BCUT2D eigenvalue weighted by molar-refractivity contribution is -0.137. The number of halogens is 3. The van der Waals surface area contributed by atoms with Crippen LogP contribution in [-0.2, 0) is 16.3 Å². The zero-order valence-corrected chi connectivity index (χ0v) is 13.6. The summed E-state index contributed by atoms with van der Waals surface area (Å²) >= 11 is 0. The van der Waals surface area contributed by atoms with Crippen molar-refractivity contribution in [2.45, 2.75) is 44.2 Å². The van der Waals surface area contributed by atoms with E-state index in [-0.39, 0.29) is 5.92 Å². The van der Waals surface area contributed by atoms with Gasteiger partial charge in [0.2, 0.25) is 11.8 Å². The number of ether oxygens (including phenoxy) is 1. The van der Waals surface area contributed by atoms with Crippen LogP contribution >= 0.6 is 0 Å². The van der Waals surface area contributed by atoms with Gasteiger partial charge in [0.15, 0.2) is 0 Å². The molecule has 2 aromatic rings. The van der Waals surface area contributed by atoms with E-state index in [2.05, 4.69) is 10.2 Å². The van der Waals surface area contributed by atoms with Gasteiger partial charge in [0, 0.05) is 19.1 Å². The van der Waals surface area contributed by atoms with E-state index in [1.165, 1.54) is 12.1 Å². The lowest BCUT2D eigenvalue weighted by atomic mass is 9.73. The average Bonchev–Trinajstić information content (AvgIpc) is 3.06. The molecule has 0 radical (unpaired) electrons. The number of aromatic nitrogens is 2. The van der Waals surface area contributed by atoms with Gasteiger partial charge < -0.3 is 9.15 Å². The zero-order valence-electron chi connectivity index (χ0n) is 13.6. The Morgan fingerprint density at radius 1 is 1.12 bits per heavy atom. The molecule has 7 heteroatoms. The van der Waals surface area contributed by atoms with Gasteiger partial charge in [0.25, 0.3) is 0 Å². The predicted octanol–water partition coefficient (Wildman–Crippen LogP) is 4.31. The standard InChI is InChI=1S/C17H19F3N2O2/c1-11(2)14-21-22-15(24-14)16(6-8-23-9-7-16)12-4-3-5-13(10-12)17(18,19)20/h3-5,10-11H,6-9H2,1-2H3. The summed E-state index contributed by atoms with van der Waals surface area (Å²) in [7, 11) is 0. The van der Waals surface area contributed by atoms with Crippen LogP contribution < -0.4 is 0 Å². The van der Waals surface area contributed by atoms with Crippen molar-refractivity contribution < 1.29 is 22.3 Å². The molecule has 4 nitrogen and oxygen atoms in total. The molecule has 0 aliphatic carbocycles. The second-order valence-electron chi connectivity index (χ2n) is 6.37. The molecule has 0 bridgehead atoms. The molecule has 1 aliphatic rings. The highest BCUT2D eigenvalue weighted by Gasteiger charge is 2.43. The minimum atomic E-state index is -4.39. The SMILES string of the molecule is CC(C)c1nnc(C2(c3cccc(C(F)(F)F)c3)CCOCC2)o1. The van der Waals surface area contributed by atoms with E-state index in [9.17, 15) is 13.2 Å². The molecule has 2 heterocycles. The van der Waals surface area contributed by atoms with Gasteiger partial charge in [-0.1, -0.05) is 32.0 Å². The number of alkyl halides is 3. The summed E-state index contributed by atoms with van der Waals surface area (Å²) in [5, 5.41) is 8.20. The van der Waals surface area contributed by atoms with Gasteiger partial charge in [-0.2, -0.15) is 13.2 Å². The molecule has 3 rings (SSSR count). The van der Waals surface area contributed by atoms with Crippen LogP contribution in [0.15, 0.2) is 28.7 Å². The molecule has 0 unspecified atom stereocenters. The molecule has 1 aromatic carbocycles. The third kappa shape index (κ3) is 3.05. The van der Waals surface area contributed by atoms with Gasteiger partial charge in [-0.05, 0) is 24.5 Å². The highest BCUT2D eigenvalue weighted by atomic mass is 19.4. The third-order valence-electron chi connectivity index (χ3n) is 4.43. The minimum absolute atomic E-state index is 0.0599. The van der Waals surface area contributed by atoms with Crippen molar-refractivity contribution in [2.24, 2.45) is 0 Å². The molecule has 0 saturated carbocycles. The first-order valence-electron chi connectivity index (χ1n) is 7.92. The van der Waals surface area contributed by atoms with E-state index < -0.39 is 17.2 Å². The van der Waals surface area contributed by atoms with Crippen LogP contribution in [0.5, 0.6) is 0 Å². The van der Waals surface area contributed by atoms with Crippen molar-refractivity contribution in [1.29, 1.82) is 0 Å². The number of benzene rings is 1. The van der Waals surface area contributed by atoms with Crippen LogP contribution in [0.4, 0.5) is 13.2 Å². The monoisotopic (exact) mass is 340 g/mol. The molecule has 0 amide bonds. The molecular weight excluding hydrogens is 321 g/mol. The van der Waals surface area contributed by atoms with Crippen molar-refractivity contribution in [3.05, 3.63) is 47.2 Å². The molecule has 1 fully saturated rings. The van der Waals surface area contributed by atoms with Crippen LogP contribution in [-0.4, -0.2) is 23.4 Å². The second kappa shape index (κ2) is 6.20. The van der Waals surface area contributed by atoms with Gasteiger partial charge in [-0.15, -0.1) is 10.2 Å². The molecule has 0 atom stereocenters. The topological polar surface area (TPSA) is 48.2 Å². The van der Waals surface area contributed by atoms with E-state index in [0.29, 0.717) is 43.4 Å². The average molecular weight is 340 g/mol. The number of hydrogen-bond acceptors (Lipinski definition) is 4. The van der Waals surface area contributed by atoms with Gasteiger partial charge in [-0.3, -0.25) is 0 Å². The van der Waals surface area contributed by atoms with Crippen molar-refractivity contribution in [1.82, 2.24) is 10.2 Å². The summed E-state index contributed by atoms with van der Waals surface area (Å²) in [5.41, 5.74) is -0.867. The summed E-state index contributed by atoms with van der Waals surface area (Å²) in [4.78, 5) is 0. The highest BCUT2D eigenvalue weighted by Crippen LogP contribution is 2.42. The summed E-state index contributed by atoms with van der Waals surface area (Å²) in [5.74, 6) is 0.918. The largest absolute Gasteiger partial charge is 0.424 e. The smallest absolute Gasteiger partial charge is 0.416 e. The Hall–Kier alpha value is -1.89. The van der Waals surface area contributed by atoms with Crippen molar-refractivity contribution in [3.8, 4) is 0 Å². The van der Waals surface area contributed by atoms with Crippen LogP contribution in [0.3, 0.4) is 0 Å². The lowest BCUT2D eigenvalue weighted by Gasteiger charge is -2.34. The lowest BCUT2D eigenvalue weighted by Crippen LogP contribution is -2.35. The molecule has 0 spiro atoms. The molecule has 24 heavy (non-hydrogen) atoms. The quantitative estimate of drug-likeness (QED) is 0.835. The maximum Gasteiger partial charge on any atom is 0.416 e. The van der Waals surface area contributed by atoms with Crippen molar-refractivity contribution in [2.75, 3.05) is 13.2 Å². The van der Waals surface area contributed by atoms with Crippen LogP contribution in [0.25, 0.3) is 0 Å². The van der Waals surface area contributed by atoms with E-state index in [0.717, 1.165) is 6.07 Å². The van der Waals surface area contributed by atoms with E-state index >= 15 is 0 Å². The summed E-state index contributed by atoms with van der Waals surface area (Å²) in [6.45, 7) is 4.74. The number of rotatable bonds is 3. The number of hydrogen-bond donors (Lipinski definition) is 0. The predicted molar refractivity (Wildman–Crippen MR) is 80.7 cm³/mol. The minimum Gasteiger partial charge on any atom is -0.424 e. The zero-order chi connectivity index (χ0) is 17.4. The van der Waals surface area contributed by atoms with Crippen molar-refractivity contribution >= 4 is 0 Å². The van der Waals surface area contributed by atoms with Gasteiger partial charge >= 0.3 is 6.18 Å². The Bertz CT molecular complexity index is 704. The Labute approximate surface area is 138 Å². The van der Waals surface area contributed by atoms with Gasteiger partial charge in [-0.25, -0.2) is 0 Å². The van der Waals surface area contributed by atoms with Gasteiger partial charge in [0.05, 0.1) is 11.0 Å². The van der Waals surface area contributed by atoms with Crippen LogP contribution in [0.2, 0.25) is 0 Å². The van der Waals surface area contributed by atoms with E-state index in [1.807, 2.05) is 13.8 Å². The first-order valence-corrected chi connectivity index (χ1v) is 7.92. The molecule has 1 saturated heterocycles. The highest BCUT2D eigenvalue weighted by molar-refractivity contribution is 5.36. The fraction of sp³-hybridized carbons (Fsp3) is 0.529. The first-order chi connectivity index (χ1) is 11.3. The Morgan fingerprint density at radius 2 is 1.83 bits per heavy atom. The normalized spacial score (nSPS) is 18.1. The van der Waals surface area contributed by atoms with Crippen LogP contribution in [0.1, 0.15) is 55.5 Å². The fourth-order valence-electron chi connectivity index (χ4n) is 3.00.